The second kappa shape index (κ2) is 7.33. The number of benzene rings is 1. The molecule has 1 aromatic heterocycles. The van der Waals surface area contributed by atoms with E-state index in [1.54, 1.807) is 19.2 Å². The Morgan fingerprint density at radius 3 is 2.76 bits per heavy atom. The van der Waals surface area contributed by atoms with E-state index in [1.165, 1.54) is 18.0 Å². The third-order valence-corrected chi connectivity index (χ3v) is 4.10. The van der Waals surface area contributed by atoms with Crippen LogP contribution in [-0.2, 0) is 4.79 Å². The van der Waals surface area contributed by atoms with E-state index in [4.69, 9.17) is 16.3 Å². The number of hydrogen-bond donors (Lipinski definition) is 1. The fraction of sp³-hybridized carbons (Fsp3) is 0.200. The number of ether oxygens (including phenoxy) is 1. The van der Waals surface area contributed by atoms with Gasteiger partial charge >= 0.3 is 0 Å². The van der Waals surface area contributed by atoms with Crippen LogP contribution in [0.25, 0.3) is 0 Å². The second-order valence-electron chi connectivity index (χ2n) is 4.26. The molecule has 1 aromatic carbocycles. The summed E-state index contributed by atoms with van der Waals surface area (Å²) in [6.07, 6.45) is 1.50. The standard InChI is InChI=1S/C15H15ClN2O2S/c1-10(21-13-6-4-3-5-12(13)20-2)15(19)18-14-8-7-11(16)9-17-14/h3-10H,1-2H3,(H,17,18,19). The van der Waals surface area contributed by atoms with Gasteiger partial charge in [-0.05, 0) is 31.2 Å². The highest BCUT2D eigenvalue weighted by molar-refractivity contribution is 8.00. The van der Waals surface area contributed by atoms with E-state index in [0.29, 0.717) is 10.8 Å². The van der Waals surface area contributed by atoms with E-state index in [1.807, 2.05) is 31.2 Å². The molecule has 110 valence electrons. The molecule has 2 aromatic rings. The largest absolute Gasteiger partial charge is 0.496 e. The minimum Gasteiger partial charge on any atom is -0.496 e. The molecule has 0 bridgehead atoms. The molecule has 1 unspecified atom stereocenters. The molecule has 1 N–H and O–H groups in total. The molecule has 0 aliphatic rings. The molecule has 0 fully saturated rings. The maximum atomic E-state index is 12.2. The third-order valence-electron chi connectivity index (χ3n) is 2.72. The SMILES string of the molecule is COc1ccccc1SC(C)C(=O)Nc1ccc(Cl)cn1. The number of pyridine rings is 1. The van der Waals surface area contributed by atoms with Gasteiger partial charge in [0.2, 0.25) is 5.91 Å². The quantitative estimate of drug-likeness (QED) is 0.849. The number of rotatable bonds is 5. The van der Waals surface area contributed by atoms with Crippen LogP contribution in [0.5, 0.6) is 5.75 Å². The summed E-state index contributed by atoms with van der Waals surface area (Å²) < 4.78 is 5.28. The lowest BCUT2D eigenvalue weighted by Gasteiger charge is -2.13. The van der Waals surface area contributed by atoms with E-state index in [2.05, 4.69) is 10.3 Å². The van der Waals surface area contributed by atoms with E-state index in [-0.39, 0.29) is 11.2 Å². The predicted octanol–water partition coefficient (Wildman–Crippen LogP) is 3.86. The molecule has 2 rings (SSSR count). The van der Waals surface area contributed by atoms with Crippen LogP contribution in [0.2, 0.25) is 5.02 Å². The predicted molar refractivity (Wildman–Crippen MR) is 86.2 cm³/mol. The number of anilines is 1. The molecule has 0 aliphatic carbocycles. The first-order valence-corrected chi connectivity index (χ1v) is 7.58. The van der Waals surface area contributed by atoms with Gasteiger partial charge in [-0.3, -0.25) is 4.79 Å². The van der Waals surface area contributed by atoms with Gasteiger partial charge in [0.15, 0.2) is 0 Å². The number of hydrogen-bond acceptors (Lipinski definition) is 4. The fourth-order valence-corrected chi connectivity index (χ4v) is 2.72. The van der Waals surface area contributed by atoms with Crippen LogP contribution in [0, 0.1) is 0 Å². The average molecular weight is 323 g/mol. The van der Waals surface area contributed by atoms with Crippen LogP contribution in [0.3, 0.4) is 0 Å². The first-order valence-electron chi connectivity index (χ1n) is 6.32. The van der Waals surface area contributed by atoms with Crippen molar-refractivity contribution in [3.63, 3.8) is 0 Å². The molecule has 0 aliphatic heterocycles. The number of methoxy groups -OCH3 is 1. The normalized spacial score (nSPS) is 11.8. The zero-order valence-electron chi connectivity index (χ0n) is 11.7. The molecule has 0 saturated carbocycles. The Bertz CT molecular complexity index is 619. The molecule has 6 heteroatoms. The van der Waals surface area contributed by atoms with Gasteiger partial charge in [-0.15, -0.1) is 11.8 Å². The summed E-state index contributed by atoms with van der Waals surface area (Å²) in [7, 11) is 1.61. The first-order chi connectivity index (χ1) is 10.1. The number of amides is 1. The van der Waals surface area contributed by atoms with Gasteiger partial charge in [-0.25, -0.2) is 4.98 Å². The molecule has 0 radical (unpaired) electrons. The molecule has 4 nitrogen and oxygen atoms in total. The highest BCUT2D eigenvalue weighted by Crippen LogP contribution is 2.32. The number of halogens is 1. The molecule has 1 heterocycles. The Labute approximate surface area is 132 Å². The van der Waals surface area contributed by atoms with Gasteiger partial charge in [0.25, 0.3) is 0 Å². The number of carbonyl (C=O) groups is 1. The van der Waals surface area contributed by atoms with Crippen molar-refractivity contribution in [1.82, 2.24) is 4.98 Å². The molecular weight excluding hydrogens is 308 g/mol. The second-order valence-corrected chi connectivity index (χ2v) is 6.08. The number of para-hydroxylation sites is 1. The Hall–Kier alpha value is -1.72. The Kier molecular flexibility index (Phi) is 5.47. The number of nitrogens with one attached hydrogen (secondary N) is 1. The zero-order chi connectivity index (χ0) is 15.2. The summed E-state index contributed by atoms with van der Waals surface area (Å²) in [5.41, 5.74) is 0. The lowest BCUT2D eigenvalue weighted by atomic mass is 10.3. The smallest absolute Gasteiger partial charge is 0.238 e. The Morgan fingerprint density at radius 1 is 1.33 bits per heavy atom. The highest BCUT2D eigenvalue weighted by atomic mass is 35.5. The summed E-state index contributed by atoms with van der Waals surface area (Å²) in [6.45, 7) is 1.84. The van der Waals surface area contributed by atoms with Crippen molar-refractivity contribution < 1.29 is 9.53 Å². The van der Waals surface area contributed by atoms with Crippen molar-refractivity contribution in [3.8, 4) is 5.75 Å². The monoisotopic (exact) mass is 322 g/mol. The van der Waals surface area contributed by atoms with E-state index in [9.17, 15) is 4.79 Å². The van der Waals surface area contributed by atoms with Gasteiger partial charge in [-0.2, -0.15) is 0 Å². The lowest BCUT2D eigenvalue weighted by molar-refractivity contribution is -0.115. The van der Waals surface area contributed by atoms with Crippen molar-refractivity contribution >= 4 is 35.1 Å². The molecular formula is C15H15ClN2O2S. The zero-order valence-corrected chi connectivity index (χ0v) is 13.2. The van der Waals surface area contributed by atoms with Gasteiger partial charge in [0, 0.05) is 6.20 Å². The van der Waals surface area contributed by atoms with Gasteiger partial charge in [-0.1, -0.05) is 23.7 Å². The van der Waals surface area contributed by atoms with Crippen LogP contribution in [0.4, 0.5) is 5.82 Å². The maximum absolute atomic E-state index is 12.2. The summed E-state index contributed by atoms with van der Waals surface area (Å²) in [6, 6.07) is 11.0. The minimum absolute atomic E-state index is 0.124. The van der Waals surface area contributed by atoms with E-state index < -0.39 is 0 Å². The number of nitrogens with zero attached hydrogens (tertiary/aromatic N) is 1. The molecule has 0 saturated heterocycles. The average Bonchev–Trinajstić information content (AvgIpc) is 2.50. The molecule has 0 spiro atoms. The van der Waals surface area contributed by atoms with Gasteiger partial charge in [0.05, 0.1) is 22.3 Å². The van der Waals surface area contributed by atoms with Crippen molar-refractivity contribution in [2.45, 2.75) is 17.1 Å². The van der Waals surface area contributed by atoms with Gasteiger partial charge in [0.1, 0.15) is 11.6 Å². The first kappa shape index (κ1) is 15.7. The lowest BCUT2D eigenvalue weighted by Crippen LogP contribution is -2.22. The summed E-state index contributed by atoms with van der Waals surface area (Å²) >= 11 is 7.19. The van der Waals surface area contributed by atoms with Crippen LogP contribution in [0.15, 0.2) is 47.5 Å². The maximum Gasteiger partial charge on any atom is 0.238 e. The minimum atomic E-state index is -0.279. The molecule has 1 atom stereocenters. The Balaban J connectivity index is 2.01. The summed E-state index contributed by atoms with van der Waals surface area (Å²) in [5.74, 6) is 1.12. The van der Waals surface area contributed by atoms with Crippen molar-refractivity contribution in [1.29, 1.82) is 0 Å². The number of aromatic nitrogens is 1. The van der Waals surface area contributed by atoms with E-state index >= 15 is 0 Å². The summed E-state index contributed by atoms with van der Waals surface area (Å²) in [5, 5.41) is 3.01. The van der Waals surface area contributed by atoms with Crippen LogP contribution in [0.1, 0.15) is 6.92 Å². The van der Waals surface area contributed by atoms with Crippen LogP contribution in [-0.4, -0.2) is 23.3 Å². The molecule has 21 heavy (non-hydrogen) atoms. The highest BCUT2D eigenvalue weighted by Gasteiger charge is 2.16. The molecule has 1 amide bonds. The van der Waals surface area contributed by atoms with E-state index in [0.717, 1.165) is 10.6 Å². The van der Waals surface area contributed by atoms with Crippen molar-refractivity contribution in [3.05, 3.63) is 47.6 Å². The number of carbonyl (C=O) groups excluding carboxylic acids is 1. The van der Waals surface area contributed by atoms with Crippen molar-refractivity contribution in [2.24, 2.45) is 0 Å². The third kappa shape index (κ3) is 4.37. The van der Waals surface area contributed by atoms with Crippen LogP contribution >= 0.6 is 23.4 Å². The summed E-state index contributed by atoms with van der Waals surface area (Å²) in [4.78, 5) is 17.1. The fourth-order valence-electron chi connectivity index (χ4n) is 1.64. The van der Waals surface area contributed by atoms with Crippen molar-refractivity contribution in [2.75, 3.05) is 12.4 Å². The van der Waals surface area contributed by atoms with Gasteiger partial charge < -0.3 is 10.1 Å². The topological polar surface area (TPSA) is 51.2 Å². The van der Waals surface area contributed by atoms with Crippen LogP contribution < -0.4 is 10.1 Å². The number of thioether (sulfide) groups is 1. The Morgan fingerprint density at radius 2 is 2.10 bits per heavy atom.